The van der Waals surface area contributed by atoms with Gasteiger partial charge in [0.05, 0.1) is 6.04 Å². The van der Waals surface area contributed by atoms with Crippen molar-refractivity contribution in [3.63, 3.8) is 0 Å². The summed E-state index contributed by atoms with van der Waals surface area (Å²) in [7, 11) is 0. The molecule has 0 spiro atoms. The standard InChI is InChI=1S/C12H15BrN2O.ClH/c1-2-10(14)12(16)15-6-5-8-3-4-9(13)7-11(8)15;/h3-4,7,10H,2,5-6,14H2,1H3;1H/t10-;/m0./s1. The summed E-state index contributed by atoms with van der Waals surface area (Å²) in [6.07, 6.45) is 1.60. The van der Waals surface area contributed by atoms with E-state index in [9.17, 15) is 4.79 Å². The Morgan fingerprint density at radius 2 is 2.29 bits per heavy atom. The maximum Gasteiger partial charge on any atom is 0.243 e. The summed E-state index contributed by atoms with van der Waals surface area (Å²) >= 11 is 3.43. The smallest absolute Gasteiger partial charge is 0.243 e. The summed E-state index contributed by atoms with van der Waals surface area (Å²) in [4.78, 5) is 13.8. The summed E-state index contributed by atoms with van der Waals surface area (Å²) in [5, 5.41) is 0. The average molecular weight is 320 g/mol. The zero-order valence-corrected chi connectivity index (χ0v) is 12.1. The lowest BCUT2D eigenvalue weighted by atomic mass is 10.1. The summed E-state index contributed by atoms with van der Waals surface area (Å²) in [5.74, 6) is 0.0272. The van der Waals surface area contributed by atoms with Crippen molar-refractivity contribution in [1.29, 1.82) is 0 Å². The zero-order valence-electron chi connectivity index (χ0n) is 9.65. The van der Waals surface area contributed by atoms with Gasteiger partial charge < -0.3 is 10.6 Å². The Hall–Kier alpha value is -0.580. The lowest BCUT2D eigenvalue weighted by Gasteiger charge is -2.20. The molecule has 0 radical (unpaired) electrons. The molecule has 3 nitrogen and oxygen atoms in total. The van der Waals surface area contributed by atoms with Gasteiger partial charge in [-0.1, -0.05) is 28.9 Å². The molecule has 0 aromatic heterocycles. The number of halogens is 2. The van der Waals surface area contributed by atoms with E-state index in [1.165, 1.54) is 5.56 Å². The van der Waals surface area contributed by atoms with Crippen LogP contribution in [0.15, 0.2) is 22.7 Å². The Morgan fingerprint density at radius 1 is 1.59 bits per heavy atom. The number of amides is 1. The maximum absolute atomic E-state index is 12.0. The van der Waals surface area contributed by atoms with Crippen molar-refractivity contribution < 1.29 is 4.79 Å². The van der Waals surface area contributed by atoms with Crippen LogP contribution in [0, 0.1) is 0 Å². The van der Waals surface area contributed by atoms with Crippen LogP contribution >= 0.6 is 28.3 Å². The summed E-state index contributed by atoms with van der Waals surface area (Å²) in [5.41, 5.74) is 8.01. The first-order valence-electron chi connectivity index (χ1n) is 5.49. The molecule has 1 amide bonds. The van der Waals surface area contributed by atoms with Crippen molar-refractivity contribution in [2.75, 3.05) is 11.4 Å². The van der Waals surface area contributed by atoms with Gasteiger partial charge in [0, 0.05) is 16.7 Å². The molecule has 1 aliphatic heterocycles. The number of nitrogens with two attached hydrogens (primary N) is 1. The molecule has 94 valence electrons. The first-order chi connectivity index (χ1) is 7.63. The van der Waals surface area contributed by atoms with E-state index in [0.29, 0.717) is 6.42 Å². The Labute approximate surface area is 116 Å². The number of hydrogen-bond donors (Lipinski definition) is 1. The van der Waals surface area contributed by atoms with Gasteiger partial charge in [0.25, 0.3) is 0 Å². The van der Waals surface area contributed by atoms with Gasteiger partial charge in [-0.25, -0.2) is 0 Å². The minimum atomic E-state index is -0.384. The van der Waals surface area contributed by atoms with Crippen molar-refractivity contribution in [2.45, 2.75) is 25.8 Å². The minimum absolute atomic E-state index is 0. The second-order valence-corrected chi connectivity index (χ2v) is 4.94. The van der Waals surface area contributed by atoms with E-state index in [1.807, 2.05) is 19.1 Å². The Balaban J connectivity index is 0.00000144. The third kappa shape index (κ3) is 2.81. The first kappa shape index (κ1) is 14.5. The van der Waals surface area contributed by atoms with E-state index in [0.717, 1.165) is 23.1 Å². The lowest BCUT2D eigenvalue weighted by Crippen LogP contribution is -2.42. The molecule has 1 heterocycles. The van der Waals surface area contributed by atoms with Crippen LogP contribution in [0.5, 0.6) is 0 Å². The Morgan fingerprint density at radius 3 is 2.94 bits per heavy atom. The van der Waals surface area contributed by atoms with Gasteiger partial charge in [-0.15, -0.1) is 12.4 Å². The van der Waals surface area contributed by atoms with Gasteiger partial charge >= 0.3 is 0 Å². The topological polar surface area (TPSA) is 46.3 Å². The summed E-state index contributed by atoms with van der Waals surface area (Å²) < 4.78 is 0.996. The van der Waals surface area contributed by atoms with Crippen LogP contribution in [0.25, 0.3) is 0 Å². The molecule has 1 aromatic rings. The number of rotatable bonds is 2. The van der Waals surface area contributed by atoms with Crippen LogP contribution in [-0.2, 0) is 11.2 Å². The third-order valence-electron chi connectivity index (χ3n) is 2.97. The van der Waals surface area contributed by atoms with Crippen LogP contribution in [0.4, 0.5) is 5.69 Å². The molecule has 17 heavy (non-hydrogen) atoms. The van der Waals surface area contributed by atoms with Crippen LogP contribution in [-0.4, -0.2) is 18.5 Å². The molecule has 2 rings (SSSR count). The van der Waals surface area contributed by atoms with Gasteiger partial charge in [0.1, 0.15) is 0 Å². The van der Waals surface area contributed by atoms with Crippen LogP contribution in [0.3, 0.4) is 0 Å². The zero-order chi connectivity index (χ0) is 11.7. The molecule has 1 aromatic carbocycles. The van der Waals surface area contributed by atoms with E-state index < -0.39 is 0 Å². The number of carbonyl (C=O) groups excluding carboxylic acids is 1. The molecule has 0 saturated carbocycles. The van der Waals surface area contributed by atoms with E-state index in [1.54, 1.807) is 4.90 Å². The number of hydrogen-bond acceptors (Lipinski definition) is 2. The highest BCUT2D eigenvalue weighted by molar-refractivity contribution is 9.10. The molecule has 2 N–H and O–H groups in total. The van der Waals surface area contributed by atoms with Crippen molar-refractivity contribution >= 4 is 39.9 Å². The SMILES string of the molecule is CC[C@H](N)C(=O)N1CCc2ccc(Br)cc21.Cl. The number of anilines is 1. The second kappa shape index (κ2) is 5.85. The molecule has 1 atom stereocenters. The van der Waals surface area contributed by atoms with Gasteiger partial charge in [-0.05, 0) is 30.5 Å². The normalized spacial score (nSPS) is 15.1. The molecule has 0 aliphatic carbocycles. The molecular weight excluding hydrogens is 304 g/mol. The van der Waals surface area contributed by atoms with Gasteiger partial charge in [-0.3, -0.25) is 4.79 Å². The van der Waals surface area contributed by atoms with Crippen molar-refractivity contribution in [2.24, 2.45) is 5.73 Å². The fraction of sp³-hybridized carbons (Fsp3) is 0.417. The van der Waals surface area contributed by atoms with Crippen LogP contribution in [0.1, 0.15) is 18.9 Å². The fourth-order valence-electron chi connectivity index (χ4n) is 1.96. The Kier molecular flexibility index (Phi) is 4.98. The maximum atomic E-state index is 12.0. The average Bonchev–Trinajstić information content (AvgIpc) is 2.69. The van der Waals surface area contributed by atoms with Gasteiger partial charge in [0.15, 0.2) is 0 Å². The number of fused-ring (bicyclic) bond motifs is 1. The monoisotopic (exact) mass is 318 g/mol. The van der Waals surface area contributed by atoms with E-state index in [-0.39, 0.29) is 24.4 Å². The number of benzene rings is 1. The van der Waals surface area contributed by atoms with Crippen molar-refractivity contribution in [3.8, 4) is 0 Å². The van der Waals surface area contributed by atoms with Crippen LogP contribution in [0.2, 0.25) is 0 Å². The van der Waals surface area contributed by atoms with E-state index in [4.69, 9.17) is 5.73 Å². The lowest BCUT2D eigenvalue weighted by molar-refractivity contribution is -0.119. The van der Waals surface area contributed by atoms with Crippen molar-refractivity contribution in [3.05, 3.63) is 28.2 Å². The first-order valence-corrected chi connectivity index (χ1v) is 6.28. The molecule has 0 saturated heterocycles. The Bertz CT molecular complexity index is 425. The predicted molar refractivity (Wildman–Crippen MR) is 75.7 cm³/mol. The van der Waals surface area contributed by atoms with Crippen molar-refractivity contribution in [1.82, 2.24) is 0 Å². The molecule has 5 heteroatoms. The summed E-state index contributed by atoms with van der Waals surface area (Å²) in [6, 6.07) is 5.67. The highest BCUT2D eigenvalue weighted by Crippen LogP contribution is 2.31. The third-order valence-corrected chi connectivity index (χ3v) is 3.46. The predicted octanol–water partition coefficient (Wildman–Crippen LogP) is 2.50. The highest BCUT2D eigenvalue weighted by Gasteiger charge is 2.27. The number of nitrogens with zero attached hydrogens (tertiary/aromatic N) is 1. The second-order valence-electron chi connectivity index (χ2n) is 4.03. The van der Waals surface area contributed by atoms with Gasteiger partial charge in [-0.2, -0.15) is 0 Å². The van der Waals surface area contributed by atoms with Gasteiger partial charge in [0.2, 0.25) is 5.91 Å². The minimum Gasteiger partial charge on any atom is -0.320 e. The van der Waals surface area contributed by atoms with E-state index >= 15 is 0 Å². The largest absolute Gasteiger partial charge is 0.320 e. The molecule has 0 unspecified atom stereocenters. The molecule has 0 fully saturated rings. The number of carbonyl (C=O) groups is 1. The van der Waals surface area contributed by atoms with E-state index in [2.05, 4.69) is 22.0 Å². The van der Waals surface area contributed by atoms with Crippen LogP contribution < -0.4 is 10.6 Å². The molecule has 1 aliphatic rings. The fourth-order valence-corrected chi connectivity index (χ4v) is 2.31. The molecular formula is C12H16BrClN2O. The summed E-state index contributed by atoms with van der Waals surface area (Å²) in [6.45, 7) is 2.68. The quantitative estimate of drug-likeness (QED) is 0.910. The molecule has 0 bridgehead atoms. The highest BCUT2D eigenvalue weighted by atomic mass is 79.9.